The molecule has 2 rings (SSSR count). The summed E-state index contributed by atoms with van der Waals surface area (Å²) in [6, 6.07) is 6.21. The second kappa shape index (κ2) is 4.24. The van der Waals surface area contributed by atoms with Gasteiger partial charge in [-0.05, 0) is 30.0 Å². The van der Waals surface area contributed by atoms with Gasteiger partial charge in [0.15, 0.2) is 0 Å². The predicted octanol–water partition coefficient (Wildman–Crippen LogP) is 3.06. The lowest BCUT2D eigenvalue weighted by molar-refractivity contribution is 1.16. The van der Waals surface area contributed by atoms with Gasteiger partial charge in [-0.2, -0.15) is 0 Å². The molecular formula is C11H12N2S. The minimum atomic E-state index is 0.891. The van der Waals surface area contributed by atoms with Crippen LogP contribution >= 0.6 is 11.3 Å². The van der Waals surface area contributed by atoms with Gasteiger partial charge in [0.2, 0.25) is 0 Å². The fraction of sp³-hybridized carbons (Fsp3) is 0.182. The Kier molecular flexibility index (Phi) is 2.79. The second-order valence-electron chi connectivity index (χ2n) is 3.12. The summed E-state index contributed by atoms with van der Waals surface area (Å²) in [6.45, 7) is 2.95. The fourth-order valence-corrected chi connectivity index (χ4v) is 1.91. The van der Waals surface area contributed by atoms with E-state index in [-0.39, 0.29) is 0 Å². The molecule has 0 amide bonds. The molecule has 0 saturated heterocycles. The summed E-state index contributed by atoms with van der Waals surface area (Å²) in [5.41, 5.74) is 2.34. The van der Waals surface area contributed by atoms with Gasteiger partial charge in [-0.15, -0.1) is 11.3 Å². The van der Waals surface area contributed by atoms with Crippen LogP contribution in [0.3, 0.4) is 0 Å². The molecule has 0 aliphatic rings. The van der Waals surface area contributed by atoms with Gasteiger partial charge < -0.3 is 5.32 Å². The van der Waals surface area contributed by atoms with Crippen molar-refractivity contribution >= 4 is 17.0 Å². The lowest BCUT2D eigenvalue weighted by Crippen LogP contribution is -1.99. The summed E-state index contributed by atoms with van der Waals surface area (Å²) in [6.07, 6.45) is 3.68. The van der Waals surface area contributed by atoms with Crippen LogP contribution in [0.2, 0.25) is 0 Å². The first kappa shape index (κ1) is 9.21. The van der Waals surface area contributed by atoms with E-state index in [1.807, 2.05) is 18.5 Å². The highest BCUT2D eigenvalue weighted by Crippen LogP contribution is 2.15. The Balaban J connectivity index is 2.02. The van der Waals surface area contributed by atoms with Crippen LogP contribution in [-0.2, 0) is 6.54 Å². The largest absolute Gasteiger partial charge is 0.380 e. The van der Waals surface area contributed by atoms with Crippen molar-refractivity contribution in [2.24, 2.45) is 0 Å². The molecule has 0 radical (unpaired) electrons. The van der Waals surface area contributed by atoms with Crippen LogP contribution in [-0.4, -0.2) is 4.98 Å². The topological polar surface area (TPSA) is 24.9 Å². The molecular weight excluding hydrogens is 192 g/mol. The van der Waals surface area contributed by atoms with Crippen molar-refractivity contribution in [3.05, 3.63) is 46.4 Å². The summed E-state index contributed by atoms with van der Waals surface area (Å²) in [5, 5.41) is 5.48. The van der Waals surface area contributed by atoms with Gasteiger partial charge in [0.25, 0.3) is 0 Å². The zero-order chi connectivity index (χ0) is 9.80. The number of aromatic nitrogens is 1. The number of hydrogen-bond acceptors (Lipinski definition) is 3. The fourth-order valence-electron chi connectivity index (χ4n) is 1.27. The van der Waals surface area contributed by atoms with E-state index < -0.39 is 0 Å². The standard InChI is InChI=1S/C11H12N2S/c1-9-7-12-5-4-11(9)13-8-10-3-2-6-14-10/h2-7H,8H2,1H3,(H,12,13). The Morgan fingerprint density at radius 2 is 2.36 bits per heavy atom. The van der Waals surface area contributed by atoms with E-state index in [4.69, 9.17) is 0 Å². The molecule has 0 aliphatic heterocycles. The summed E-state index contributed by atoms with van der Waals surface area (Å²) in [7, 11) is 0. The highest BCUT2D eigenvalue weighted by Gasteiger charge is 1.97. The Hall–Kier alpha value is -1.35. The van der Waals surface area contributed by atoms with E-state index in [0.29, 0.717) is 0 Å². The van der Waals surface area contributed by atoms with E-state index in [1.54, 1.807) is 11.3 Å². The molecule has 0 fully saturated rings. The van der Waals surface area contributed by atoms with Gasteiger partial charge in [0.05, 0.1) is 0 Å². The third-order valence-electron chi connectivity index (χ3n) is 2.05. The van der Waals surface area contributed by atoms with Gasteiger partial charge in [0, 0.05) is 29.5 Å². The van der Waals surface area contributed by atoms with Gasteiger partial charge in [-0.25, -0.2) is 0 Å². The molecule has 0 aromatic carbocycles. The quantitative estimate of drug-likeness (QED) is 0.831. The Morgan fingerprint density at radius 1 is 1.43 bits per heavy atom. The molecule has 0 spiro atoms. The molecule has 2 aromatic heterocycles. The van der Waals surface area contributed by atoms with Crippen LogP contribution in [0.4, 0.5) is 5.69 Å². The van der Waals surface area contributed by atoms with E-state index in [9.17, 15) is 0 Å². The number of hydrogen-bond donors (Lipinski definition) is 1. The third-order valence-corrected chi connectivity index (χ3v) is 2.93. The number of rotatable bonds is 3. The van der Waals surface area contributed by atoms with Crippen molar-refractivity contribution in [1.29, 1.82) is 0 Å². The molecule has 0 aliphatic carbocycles. The third kappa shape index (κ3) is 2.12. The van der Waals surface area contributed by atoms with Crippen LogP contribution < -0.4 is 5.32 Å². The van der Waals surface area contributed by atoms with E-state index in [2.05, 4.69) is 34.7 Å². The van der Waals surface area contributed by atoms with Crippen LogP contribution in [0.5, 0.6) is 0 Å². The molecule has 2 nitrogen and oxygen atoms in total. The first-order valence-corrected chi connectivity index (χ1v) is 5.41. The van der Waals surface area contributed by atoms with E-state index >= 15 is 0 Å². The molecule has 0 bridgehead atoms. The number of aryl methyl sites for hydroxylation is 1. The minimum absolute atomic E-state index is 0.891. The van der Waals surface area contributed by atoms with Crippen molar-refractivity contribution in [2.75, 3.05) is 5.32 Å². The predicted molar refractivity (Wildman–Crippen MR) is 60.6 cm³/mol. The maximum absolute atomic E-state index is 4.05. The smallest absolute Gasteiger partial charge is 0.0494 e. The summed E-state index contributed by atoms with van der Waals surface area (Å²) < 4.78 is 0. The van der Waals surface area contributed by atoms with Gasteiger partial charge >= 0.3 is 0 Å². The minimum Gasteiger partial charge on any atom is -0.380 e. The average Bonchev–Trinajstić information content (AvgIpc) is 2.69. The summed E-state index contributed by atoms with van der Waals surface area (Å²) in [4.78, 5) is 5.40. The van der Waals surface area contributed by atoms with Gasteiger partial charge in [0.1, 0.15) is 0 Å². The molecule has 14 heavy (non-hydrogen) atoms. The highest BCUT2D eigenvalue weighted by atomic mass is 32.1. The van der Waals surface area contributed by atoms with Crippen LogP contribution in [0, 0.1) is 6.92 Å². The number of nitrogens with zero attached hydrogens (tertiary/aromatic N) is 1. The van der Waals surface area contributed by atoms with Crippen LogP contribution in [0.25, 0.3) is 0 Å². The van der Waals surface area contributed by atoms with Crippen molar-refractivity contribution < 1.29 is 0 Å². The van der Waals surface area contributed by atoms with E-state index in [0.717, 1.165) is 12.2 Å². The second-order valence-corrected chi connectivity index (χ2v) is 4.16. The molecule has 0 unspecified atom stereocenters. The van der Waals surface area contributed by atoms with Crippen molar-refractivity contribution in [2.45, 2.75) is 13.5 Å². The maximum Gasteiger partial charge on any atom is 0.0494 e. The molecule has 72 valence electrons. The number of nitrogens with one attached hydrogen (secondary N) is 1. The number of anilines is 1. The summed E-state index contributed by atoms with van der Waals surface area (Å²) >= 11 is 1.77. The van der Waals surface area contributed by atoms with Gasteiger partial charge in [-0.1, -0.05) is 6.07 Å². The van der Waals surface area contributed by atoms with Crippen LogP contribution in [0.1, 0.15) is 10.4 Å². The SMILES string of the molecule is Cc1cnccc1NCc1cccs1. The zero-order valence-electron chi connectivity index (χ0n) is 8.03. The highest BCUT2D eigenvalue weighted by molar-refractivity contribution is 7.09. The summed E-state index contributed by atoms with van der Waals surface area (Å²) in [5.74, 6) is 0. The Labute approximate surface area is 87.6 Å². The molecule has 1 N–H and O–H groups in total. The van der Waals surface area contributed by atoms with Crippen molar-refractivity contribution in [1.82, 2.24) is 4.98 Å². The molecule has 0 saturated carbocycles. The first-order valence-electron chi connectivity index (χ1n) is 4.53. The maximum atomic E-state index is 4.05. The lowest BCUT2D eigenvalue weighted by Gasteiger charge is -2.06. The van der Waals surface area contributed by atoms with Crippen LogP contribution in [0.15, 0.2) is 36.0 Å². The van der Waals surface area contributed by atoms with E-state index in [1.165, 1.54) is 10.4 Å². The Bertz CT molecular complexity index is 395. The van der Waals surface area contributed by atoms with Crippen molar-refractivity contribution in [3.8, 4) is 0 Å². The monoisotopic (exact) mass is 204 g/mol. The van der Waals surface area contributed by atoms with Gasteiger partial charge in [-0.3, -0.25) is 4.98 Å². The first-order chi connectivity index (χ1) is 6.86. The molecule has 0 atom stereocenters. The lowest BCUT2D eigenvalue weighted by atomic mass is 10.2. The molecule has 3 heteroatoms. The zero-order valence-corrected chi connectivity index (χ0v) is 8.84. The van der Waals surface area contributed by atoms with Crippen molar-refractivity contribution in [3.63, 3.8) is 0 Å². The number of pyridine rings is 1. The molecule has 2 heterocycles. The molecule has 2 aromatic rings. The number of thiophene rings is 1. The normalized spacial score (nSPS) is 10.1. The average molecular weight is 204 g/mol. The Morgan fingerprint density at radius 3 is 3.07 bits per heavy atom.